The van der Waals surface area contributed by atoms with Gasteiger partial charge < -0.3 is 4.74 Å². The maximum atomic E-state index is 5.40. The van der Waals surface area contributed by atoms with E-state index in [2.05, 4.69) is 50.3 Å². The van der Waals surface area contributed by atoms with E-state index < -0.39 is 0 Å². The van der Waals surface area contributed by atoms with E-state index in [-0.39, 0.29) is 5.41 Å². The van der Waals surface area contributed by atoms with Crippen LogP contribution in [0.5, 0.6) is 5.75 Å². The standard InChI is InChI=1S/C20H25NO/c1-15-20(2,13-7-6-10-16-8-4-5-9-16)18-14-17(22-3)11-12-19(18)21-15/h4-5,8-9,11-12,14,16H,6-7,10,13H2,1-3H3. The summed E-state index contributed by atoms with van der Waals surface area (Å²) in [7, 11) is 1.73. The third kappa shape index (κ3) is 2.75. The summed E-state index contributed by atoms with van der Waals surface area (Å²) in [5.41, 5.74) is 3.73. The molecule has 2 nitrogen and oxygen atoms in total. The minimum absolute atomic E-state index is 0.0607. The zero-order valence-corrected chi connectivity index (χ0v) is 13.8. The average Bonchev–Trinajstić information content (AvgIpc) is 3.12. The second-order valence-electron chi connectivity index (χ2n) is 6.59. The first kappa shape index (κ1) is 15.1. The summed E-state index contributed by atoms with van der Waals surface area (Å²) in [5, 5.41) is 0. The van der Waals surface area contributed by atoms with Gasteiger partial charge in [0.25, 0.3) is 0 Å². The van der Waals surface area contributed by atoms with E-state index in [0.717, 1.165) is 17.9 Å². The van der Waals surface area contributed by atoms with Crippen molar-refractivity contribution in [3.8, 4) is 5.75 Å². The molecule has 1 aromatic carbocycles. The molecular formula is C20H25NO. The van der Waals surface area contributed by atoms with Crippen molar-refractivity contribution in [2.75, 3.05) is 7.11 Å². The van der Waals surface area contributed by atoms with Gasteiger partial charge >= 0.3 is 0 Å². The Hall–Kier alpha value is -1.83. The van der Waals surface area contributed by atoms with Crippen LogP contribution >= 0.6 is 0 Å². The number of methoxy groups -OCH3 is 1. The van der Waals surface area contributed by atoms with E-state index in [0.29, 0.717) is 5.92 Å². The predicted octanol–water partition coefficient (Wildman–Crippen LogP) is 5.36. The van der Waals surface area contributed by atoms with E-state index in [1.165, 1.54) is 30.5 Å². The number of rotatable bonds is 6. The number of aliphatic imine (C=N–C) groups is 1. The molecule has 0 N–H and O–H groups in total. The molecule has 0 aromatic heterocycles. The van der Waals surface area contributed by atoms with Gasteiger partial charge in [0.2, 0.25) is 0 Å². The minimum Gasteiger partial charge on any atom is -0.497 e. The summed E-state index contributed by atoms with van der Waals surface area (Å²) in [4.78, 5) is 4.78. The molecule has 0 bridgehead atoms. The minimum atomic E-state index is 0.0607. The van der Waals surface area contributed by atoms with Crippen LogP contribution < -0.4 is 4.74 Å². The van der Waals surface area contributed by atoms with Crippen LogP contribution in [-0.2, 0) is 5.41 Å². The highest BCUT2D eigenvalue weighted by atomic mass is 16.5. The van der Waals surface area contributed by atoms with Crippen molar-refractivity contribution in [1.29, 1.82) is 0 Å². The molecule has 1 heterocycles. The van der Waals surface area contributed by atoms with Crippen LogP contribution in [0.25, 0.3) is 0 Å². The number of allylic oxidation sites excluding steroid dienone is 4. The largest absolute Gasteiger partial charge is 0.497 e. The Morgan fingerprint density at radius 3 is 2.68 bits per heavy atom. The van der Waals surface area contributed by atoms with Crippen LogP contribution in [0.3, 0.4) is 0 Å². The van der Waals surface area contributed by atoms with Gasteiger partial charge in [0.15, 0.2) is 0 Å². The van der Waals surface area contributed by atoms with Crippen LogP contribution in [-0.4, -0.2) is 12.8 Å². The number of fused-ring (bicyclic) bond motifs is 1. The van der Waals surface area contributed by atoms with Gasteiger partial charge in [0.1, 0.15) is 5.75 Å². The zero-order valence-electron chi connectivity index (χ0n) is 13.8. The van der Waals surface area contributed by atoms with Gasteiger partial charge in [-0.3, -0.25) is 4.99 Å². The molecule has 0 saturated carbocycles. The molecule has 2 heteroatoms. The van der Waals surface area contributed by atoms with Crippen molar-refractivity contribution in [3.63, 3.8) is 0 Å². The Morgan fingerprint density at radius 1 is 1.18 bits per heavy atom. The molecule has 1 aliphatic heterocycles. The summed E-state index contributed by atoms with van der Waals surface area (Å²) in [6.45, 7) is 4.49. The lowest BCUT2D eigenvalue weighted by Crippen LogP contribution is -2.27. The first-order valence-corrected chi connectivity index (χ1v) is 8.23. The van der Waals surface area contributed by atoms with E-state index in [4.69, 9.17) is 9.73 Å². The molecule has 0 saturated heterocycles. The lowest BCUT2D eigenvalue weighted by atomic mass is 9.75. The van der Waals surface area contributed by atoms with Crippen molar-refractivity contribution < 1.29 is 4.74 Å². The number of hydrogen-bond acceptors (Lipinski definition) is 2. The average molecular weight is 295 g/mol. The van der Waals surface area contributed by atoms with Crippen molar-refractivity contribution >= 4 is 11.4 Å². The van der Waals surface area contributed by atoms with E-state index >= 15 is 0 Å². The molecule has 1 unspecified atom stereocenters. The first-order chi connectivity index (χ1) is 10.6. The van der Waals surface area contributed by atoms with Crippen LogP contribution in [0, 0.1) is 5.92 Å². The summed E-state index contributed by atoms with van der Waals surface area (Å²) in [6.07, 6.45) is 13.8. The maximum absolute atomic E-state index is 5.40. The summed E-state index contributed by atoms with van der Waals surface area (Å²) in [5.74, 6) is 1.58. The molecule has 1 aromatic rings. The smallest absolute Gasteiger partial charge is 0.119 e. The molecular weight excluding hydrogens is 270 g/mol. The molecule has 2 aliphatic rings. The summed E-state index contributed by atoms with van der Waals surface area (Å²) >= 11 is 0. The molecule has 0 fully saturated rings. The second kappa shape index (κ2) is 6.12. The zero-order chi connectivity index (χ0) is 15.6. The maximum Gasteiger partial charge on any atom is 0.119 e. The number of nitrogens with zero attached hydrogens (tertiary/aromatic N) is 1. The summed E-state index contributed by atoms with van der Waals surface area (Å²) in [6, 6.07) is 6.24. The highest BCUT2D eigenvalue weighted by molar-refractivity contribution is 6.00. The topological polar surface area (TPSA) is 21.6 Å². The van der Waals surface area contributed by atoms with Gasteiger partial charge in [-0.2, -0.15) is 0 Å². The van der Waals surface area contributed by atoms with Crippen LogP contribution in [0.4, 0.5) is 5.69 Å². The number of benzene rings is 1. The lowest BCUT2D eigenvalue weighted by molar-refractivity contribution is 0.413. The number of unbranched alkanes of at least 4 members (excludes halogenated alkanes) is 1. The van der Waals surface area contributed by atoms with Crippen molar-refractivity contribution in [2.24, 2.45) is 10.9 Å². The van der Waals surface area contributed by atoms with Gasteiger partial charge in [-0.15, -0.1) is 0 Å². The Balaban J connectivity index is 1.66. The Kier molecular flexibility index (Phi) is 4.19. The predicted molar refractivity (Wildman–Crippen MR) is 93.4 cm³/mol. The third-order valence-electron chi connectivity index (χ3n) is 5.18. The quantitative estimate of drug-likeness (QED) is 0.647. The fourth-order valence-corrected chi connectivity index (χ4v) is 3.53. The molecule has 0 spiro atoms. The SMILES string of the molecule is COc1ccc2c(c1)C(C)(CCCCC1C=CC=C1)C(C)=N2. The van der Waals surface area contributed by atoms with Crippen LogP contribution in [0.15, 0.2) is 47.5 Å². The number of ether oxygens (including phenoxy) is 1. The number of hydrogen-bond donors (Lipinski definition) is 0. The van der Waals surface area contributed by atoms with Gasteiger partial charge in [-0.25, -0.2) is 0 Å². The van der Waals surface area contributed by atoms with Crippen LogP contribution in [0.2, 0.25) is 0 Å². The van der Waals surface area contributed by atoms with Crippen molar-refractivity contribution in [3.05, 3.63) is 48.1 Å². The van der Waals surface area contributed by atoms with Crippen molar-refractivity contribution in [2.45, 2.75) is 44.9 Å². The Labute approximate surface area is 133 Å². The molecule has 22 heavy (non-hydrogen) atoms. The first-order valence-electron chi connectivity index (χ1n) is 8.23. The van der Waals surface area contributed by atoms with Gasteiger partial charge in [-0.1, -0.05) is 44.1 Å². The summed E-state index contributed by atoms with van der Waals surface area (Å²) < 4.78 is 5.40. The highest BCUT2D eigenvalue weighted by Crippen LogP contribution is 2.44. The van der Waals surface area contributed by atoms with E-state index in [1.807, 2.05) is 6.07 Å². The van der Waals surface area contributed by atoms with Gasteiger partial charge in [-0.05, 0) is 49.4 Å². The molecule has 1 aliphatic carbocycles. The molecule has 0 radical (unpaired) electrons. The fourth-order valence-electron chi connectivity index (χ4n) is 3.53. The molecule has 3 rings (SSSR count). The highest BCUT2D eigenvalue weighted by Gasteiger charge is 2.36. The van der Waals surface area contributed by atoms with Crippen molar-refractivity contribution in [1.82, 2.24) is 0 Å². The van der Waals surface area contributed by atoms with E-state index in [9.17, 15) is 0 Å². The molecule has 1 atom stereocenters. The Morgan fingerprint density at radius 2 is 1.95 bits per heavy atom. The normalized spacial score (nSPS) is 23.0. The second-order valence-corrected chi connectivity index (χ2v) is 6.59. The van der Waals surface area contributed by atoms with Gasteiger partial charge in [0.05, 0.1) is 12.8 Å². The molecule has 0 amide bonds. The monoisotopic (exact) mass is 295 g/mol. The van der Waals surface area contributed by atoms with E-state index in [1.54, 1.807) is 7.11 Å². The van der Waals surface area contributed by atoms with Crippen LogP contribution in [0.1, 0.15) is 45.1 Å². The Bertz CT molecular complexity index is 629. The lowest BCUT2D eigenvalue weighted by Gasteiger charge is -2.26. The fraction of sp³-hybridized carbons (Fsp3) is 0.450. The third-order valence-corrected chi connectivity index (χ3v) is 5.18. The molecule has 116 valence electrons. The van der Waals surface area contributed by atoms with Gasteiger partial charge in [0, 0.05) is 11.1 Å².